The summed E-state index contributed by atoms with van der Waals surface area (Å²) in [7, 11) is 0. The number of nitrogens with two attached hydrogens (primary N) is 1. The van der Waals surface area contributed by atoms with E-state index in [-0.39, 0.29) is 36.3 Å². The number of nitrogens with zero attached hydrogens (tertiary/aromatic N) is 6. The van der Waals surface area contributed by atoms with E-state index in [0.717, 1.165) is 12.3 Å². The van der Waals surface area contributed by atoms with Crippen LogP contribution < -0.4 is 5.73 Å². The molecule has 2 fully saturated rings. The number of hydrogen-bond donors (Lipinski definition) is 1. The zero-order valence-corrected chi connectivity index (χ0v) is 18.2. The van der Waals surface area contributed by atoms with Crippen LogP contribution >= 0.6 is 0 Å². The molecule has 3 aromatic rings. The van der Waals surface area contributed by atoms with Crippen molar-refractivity contribution in [1.82, 2.24) is 29.5 Å². The zero-order chi connectivity index (χ0) is 25.1. The molecule has 5 heterocycles. The predicted molar refractivity (Wildman–Crippen MR) is 116 cm³/mol. The van der Waals surface area contributed by atoms with Gasteiger partial charge in [-0.1, -0.05) is 6.58 Å². The van der Waals surface area contributed by atoms with Crippen molar-refractivity contribution in [3.63, 3.8) is 0 Å². The highest BCUT2D eigenvalue weighted by Gasteiger charge is 2.38. The number of hydrogen-bond acceptors (Lipinski definition) is 6. The van der Waals surface area contributed by atoms with Gasteiger partial charge in [0.2, 0.25) is 0 Å². The van der Waals surface area contributed by atoms with Crippen LogP contribution in [0.4, 0.5) is 17.6 Å². The highest BCUT2D eigenvalue weighted by atomic mass is 19.4. The minimum atomic E-state index is -4.60. The third-order valence-corrected chi connectivity index (χ3v) is 6.07. The summed E-state index contributed by atoms with van der Waals surface area (Å²) in [6.07, 6.45) is -2.13. The molecule has 9 nitrogen and oxygen atoms in total. The number of carbonyl (C=O) groups is 2. The van der Waals surface area contributed by atoms with Crippen molar-refractivity contribution in [2.24, 2.45) is 5.73 Å². The Morgan fingerprint density at radius 1 is 1.06 bits per heavy atom. The molecule has 5 rings (SSSR count). The maximum Gasteiger partial charge on any atom is 0.433 e. The summed E-state index contributed by atoms with van der Waals surface area (Å²) in [6, 6.07) is 3.08. The Morgan fingerprint density at radius 2 is 1.77 bits per heavy atom. The Labute approximate surface area is 195 Å². The molecule has 2 amide bonds. The van der Waals surface area contributed by atoms with Crippen molar-refractivity contribution in [3.05, 3.63) is 54.3 Å². The first-order chi connectivity index (χ1) is 16.5. The highest BCUT2D eigenvalue weighted by molar-refractivity contribution is 6.07. The summed E-state index contributed by atoms with van der Waals surface area (Å²) in [6.45, 7) is 4.01. The smallest absolute Gasteiger partial charge is 0.335 e. The van der Waals surface area contributed by atoms with Crippen molar-refractivity contribution >= 4 is 22.8 Å². The van der Waals surface area contributed by atoms with Crippen LogP contribution in [0, 0.1) is 0 Å². The topological polar surface area (TPSA) is 110 Å². The average Bonchev–Trinajstić information content (AvgIpc) is 3.14. The zero-order valence-electron chi connectivity index (χ0n) is 18.2. The van der Waals surface area contributed by atoms with E-state index in [4.69, 9.17) is 5.73 Å². The Kier molecular flexibility index (Phi) is 5.31. The van der Waals surface area contributed by atoms with Crippen LogP contribution in [0.1, 0.15) is 22.1 Å². The predicted octanol–water partition coefficient (Wildman–Crippen LogP) is 2.16. The van der Waals surface area contributed by atoms with E-state index in [1.807, 2.05) is 0 Å². The Morgan fingerprint density at radius 3 is 2.34 bits per heavy atom. The van der Waals surface area contributed by atoms with Crippen molar-refractivity contribution in [1.29, 1.82) is 0 Å². The van der Waals surface area contributed by atoms with Gasteiger partial charge in [0.25, 0.3) is 11.8 Å². The lowest BCUT2D eigenvalue weighted by molar-refractivity contribution is -0.141. The number of rotatable bonds is 4. The van der Waals surface area contributed by atoms with E-state index < -0.39 is 29.6 Å². The van der Waals surface area contributed by atoms with Crippen LogP contribution in [-0.4, -0.2) is 73.6 Å². The fourth-order valence-corrected chi connectivity index (χ4v) is 4.19. The van der Waals surface area contributed by atoms with E-state index in [2.05, 4.69) is 21.6 Å². The fraction of sp³-hybridized carbons (Fsp3) is 0.318. The molecule has 0 aromatic carbocycles. The van der Waals surface area contributed by atoms with Crippen LogP contribution in [0.5, 0.6) is 0 Å². The molecule has 0 aliphatic carbocycles. The molecule has 2 aliphatic rings. The molecule has 0 unspecified atom stereocenters. The first-order valence-corrected chi connectivity index (χ1v) is 10.6. The summed E-state index contributed by atoms with van der Waals surface area (Å²) in [5.41, 5.74) is 6.21. The second-order valence-corrected chi connectivity index (χ2v) is 8.52. The normalized spacial score (nSPS) is 16.8. The van der Waals surface area contributed by atoms with E-state index in [1.54, 1.807) is 4.90 Å². The molecule has 3 aromatic heterocycles. The lowest BCUT2D eigenvalue weighted by Crippen LogP contribution is -2.57. The maximum atomic E-state index is 13.3. The largest absolute Gasteiger partial charge is 0.433 e. The summed E-state index contributed by atoms with van der Waals surface area (Å²) < 4.78 is 53.7. The number of likely N-dealkylation sites (tertiary alicyclic amines) is 2. The summed E-state index contributed by atoms with van der Waals surface area (Å²) in [4.78, 5) is 35.7. The fourth-order valence-electron chi connectivity index (χ4n) is 4.19. The van der Waals surface area contributed by atoms with Gasteiger partial charge in [-0.3, -0.25) is 24.2 Å². The van der Waals surface area contributed by atoms with Crippen molar-refractivity contribution in [3.8, 4) is 11.3 Å². The molecule has 0 spiro atoms. The molecule has 35 heavy (non-hydrogen) atoms. The minimum Gasteiger partial charge on any atom is -0.335 e. The number of halogens is 4. The molecule has 0 radical (unpaired) electrons. The van der Waals surface area contributed by atoms with E-state index in [9.17, 15) is 27.2 Å². The van der Waals surface area contributed by atoms with Gasteiger partial charge < -0.3 is 15.5 Å². The molecule has 13 heteroatoms. The number of alkyl halides is 3. The van der Waals surface area contributed by atoms with Gasteiger partial charge in [-0.25, -0.2) is 4.39 Å². The minimum absolute atomic E-state index is 0.111. The van der Waals surface area contributed by atoms with E-state index in [1.165, 1.54) is 27.9 Å². The first-order valence-electron chi connectivity index (χ1n) is 10.6. The second kappa shape index (κ2) is 8.12. The SMILES string of the molecule is C=C(F)C(=O)N1CC(n2nc(-c3ccc(C(F)(F)F)nc3)c3nccc(C(=O)N4CC(N)C4)c32)C1. The van der Waals surface area contributed by atoms with Gasteiger partial charge in [0, 0.05) is 50.2 Å². The Balaban J connectivity index is 1.59. The molecule has 182 valence electrons. The number of pyridine rings is 2. The Hall–Kier alpha value is -3.87. The molecule has 2 N–H and O–H groups in total. The highest BCUT2D eigenvalue weighted by Crippen LogP contribution is 2.35. The molecular weight excluding hydrogens is 470 g/mol. The standard InChI is InChI=1S/C22H19F4N7O2/c1-11(23)20(34)32-9-14(10-32)33-19-15(21(35)31-7-13(27)8-31)4-5-28-18(19)17(30-33)12-2-3-16(29-6-12)22(24,25)26/h2-6,13-14H,1,7-10,27H2. The van der Waals surface area contributed by atoms with Crippen LogP contribution in [0.3, 0.4) is 0 Å². The molecule has 0 atom stereocenters. The van der Waals surface area contributed by atoms with Gasteiger partial charge in [0.15, 0.2) is 5.83 Å². The van der Waals surface area contributed by atoms with Crippen molar-refractivity contribution in [2.75, 3.05) is 26.2 Å². The molecule has 0 saturated carbocycles. The van der Waals surface area contributed by atoms with Crippen LogP contribution in [0.25, 0.3) is 22.3 Å². The number of aromatic nitrogens is 4. The van der Waals surface area contributed by atoms with Crippen molar-refractivity contribution in [2.45, 2.75) is 18.3 Å². The Bertz CT molecular complexity index is 1340. The molecule has 2 aliphatic heterocycles. The quantitative estimate of drug-likeness (QED) is 0.444. The monoisotopic (exact) mass is 489 g/mol. The van der Waals surface area contributed by atoms with E-state index >= 15 is 0 Å². The number of amides is 2. The first kappa shape index (κ1) is 22.9. The second-order valence-electron chi connectivity index (χ2n) is 8.52. The van der Waals surface area contributed by atoms with Gasteiger partial charge in [-0.15, -0.1) is 0 Å². The van der Waals surface area contributed by atoms with Crippen LogP contribution in [0.2, 0.25) is 0 Å². The number of fused-ring (bicyclic) bond motifs is 1. The van der Waals surface area contributed by atoms with Gasteiger partial charge in [-0.2, -0.15) is 18.3 Å². The van der Waals surface area contributed by atoms with Crippen molar-refractivity contribution < 1.29 is 27.2 Å². The van der Waals surface area contributed by atoms with E-state index in [0.29, 0.717) is 29.7 Å². The number of carbonyl (C=O) groups excluding carboxylic acids is 2. The lowest BCUT2D eigenvalue weighted by atomic mass is 10.0. The van der Waals surface area contributed by atoms with Crippen LogP contribution in [0.15, 0.2) is 43.0 Å². The third kappa shape index (κ3) is 3.91. The van der Waals surface area contributed by atoms with Gasteiger partial charge >= 0.3 is 6.18 Å². The lowest BCUT2D eigenvalue weighted by Gasteiger charge is -2.39. The summed E-state index contributed by atoms with van der Waals surface area (Å²) in [5, 5.41) is 4.56. The molecular formula is C22H19F4N7O2. The maximum absolute atomic E-state index is 13.3. The summed E-state index contributed by atoms with van der Waals surface area (Å²) >= 11 is 0. The molecule has 2 saturated heterocycles. The van der Waals surface area contributed by atoms with Gasteiger partial charge in [0.1, 0.15) is 22.4 Å². The van der Waals surface area contributed by atoms with Gasteiger partial charge in [-0.05, 0) is 18.2 Å². The molecule has 0 bridgehead atoms. The summed E-state index contributed by atoms with van der Waals surface area (Å²) in [5.74, 6) is -2.22. The average molecular weight is 489 g/mol. The third-order valence-electron chi connectivity index (χ3n) is 6.07. The van der Waals surface area contributed by atoms with Crippen LogP contribution in [-0.2, 0) is 11.0 Å². The van der Waals surface area contributed by atoms with Gasteiger partial charge in [0.05, 0.1) is 11.6 Å².